The summed E-state index contributed by atoms with van der Waals surface area (Å²) in [6.07, 6.45) is 0.926. The highest BCUT2D eigenvalue weighted by Gasteiger charge is 2.35. The van der Waals surface area contributed by atoms with Crippen molar-refractivity contribution in [1.82, 2.24) is 0 Å². The van der Waals surface area contributed by atoms with Gasteiger partial charge in [0.05, 0.1) is 0 Å². The van der Waals surface area contributed by atoms with E-state index in [1.807, 2.05) is 20.8 Å². The average Bonchev–Trinajstić information content (AvgIpc) is 1.97. The Morgan fingerprint density at radius 3 is 2.08 bits per heavy atom. The van der Waals surface area contributed by atoms with Gasteiger partial charge in [0.15, 0.2) is 0 Å². The van der Waals surface area contributed by atoms with Crippen LogP contribution in [0.1, 0.15) is 33.6 Å². The van der Waals surface area contributed by atoms with E-state index in [9.17, 15) is 9.59 Å². The van der Waals surface area contributed by atoms with Gasteiger partial charge < -0.3 is 0 Å². The molecule has 0 radical (unpaired) electrons. The first-order valence-corrected chi connectivity index (χ1v) is 4.59. The molecule has 0 spiro atoms. The predicted molar refractivity (Wildman–Crippen MR) is 46.7 cm³/mol. The van der Waals surface area contributed by atoms with Crippen molar-refractivity contribution >= 4 is 11.6 Å². The minimum absolute atomic E-state index is 0.0220. The van der Waals surface area contributed by atoms with Crippen molar-refractivity contribution in [3.8, 4) is 0 Å². The SMILES string of the molecule is CC(C)C1C(=O)CCC(=O)C1C. The van der Waals surface area contributed by atoms with Crippen LogP contribution in [0.4, 0.5) is 0 Å². The van der Waals surface area contributed by atoms with Gasteiger partial charge in [-0.05, 0) is 5.92 Å². The molecule has 12 heavy (non-hydrogen) atoms. The summed E-state index contributed by atoms with van der Waals surface area (Å²) in [6.45, 7) is 5.90. The van der Waals surface area contributed by atoms with E-state index < -0.39 is 0 Å². The zero-order valence-corrected chi connectivity index (χ0v) is 7.96. The van der Waals surface area contributed by atoms with E-state index in [4.69, 9.17) is 0 Å². The quantitative estimate of drug-likeness (QED) is 0.598. The highest BCUT2D eigenvalue weighted by Crippen LogP contribution is 2.29. The van der Waals surface area contributed by atoms with Crippen LogP contribution in [0.25, 0.3) is 0 Å². The first-order chi connectivity index (χ1) is 5.54. The number of carbonyl (C=O) groups excluding carboxylic acids is 2. The lowest BCUT2D eigenvalue weighted by atomic mass is 9.73. The molecule has 1 aliphatic carbocycles. The fourth-order valence-corrected chi connectivity index (χ4v) is 2.07. The molecule has 1 fully saturated rings. The van der Waals surface area contributed by atoms with Crippen LogP contribution in [-0.2, 0) is 9.59 Å². The largest absolute Gasteiger partial charge is 0.299 e. The molecule has 2 heteroatoms. The third kappa shape index (κ3) is 1.57. The Kier molecular flexibility index (Phi) is 2.65. The second kappa shape index (κ2) is 3.38. The molecule has 2 unspecified atom stereocenters. The number of carbonyl (C=O) groups is 2. The number of hydrogen-bond acceptors (Lipinski definition) is 2. The summed E-state index contributed by atoms with van der Waals surface area (Å²) in [5, 5.41) is 0. The van der Waals surface area contributed by atoms with E-state index >= 15 is 0 Å². The lowest BCUT2D eigenvalue weighted by Gasteiger charge is -2.29. The van der Waals surface area contributed by atoms with Gasteiger partial charge in [0, 0.05) is 24.7 Å². The van der Waals surface area contributed by atoms with E-state index in [0.717, 1.165) is 0 Å². The summed E-state index contributed by atoms with van der Waals surface area (Å²) in [5.41, 5.74) is 0. The second-order valence-electron chi connectivity index (χ2n) is 3.99. The standard InChI is InChI=1S/C10H16O2/c1-6(2)10-7(3)8(11)4-5-9(10)12/h6-7,10H,4-5H2,1-3H3. The molecule has 0 aromatic rings. The third-order valence-electron chi connectivity index (χ3n) is 2.75. The molecule has 0 heterocycles. The number of hydrogen-bond donors (Lipinski definition) is 0. The normalized spacial score (nSPS) is 31.3. The molecule has 68 valence electrons. The van der Waals surface area contributed by atoms with Gasteiger partial charge in [-0.2, -0.15) is 0 Å². The van der Waals surface area contributed by atoms with E-state index in [1.54, 1.807) is 0 Å². The molecular formula is C10H16O2. The first kappa shape index (κ1) is 9.43. The van der Waals surface area contributed by atoms with Crippen LogP contribution in [0.3, 0.4) is 0 Å². The lowest BCUT2D eigenvalue weighted by molar-refractivity contribution is -0.138. The molecule has 2 nitrogen and oxygen atoms in total. The van der Waals surface area contributed by atoms with Crippen LogP contribution in [0.2, 0.25) is 0 Å². The third-order valence-corrected chi connectivity index (χ3v) is 2.75. The van der Waals surface area contributed by atoms with Crippen molar-refractivity contribution in [3.05, 3.63) is 0 Å². The topological polar surface area (TPSA) is 34.1 Å². The van der Waals surface area contributed by atoms with Crippen molar-refractivity contribution in [2.75, 3.05) is 0 Å². The summed E-state index contributed by atoms with van der Waals surface area (Å²) in [6, 6.07) is 0. The molecular weight excluding hydrogens is 152 g/mol. The number of ketones is 2. The summed E-state index contributed by atoms with van der Waals surface area (Å²) >= 11 is 0. The van der Waals surface area contributed by atoms with Crippen LogP contribution in [-0.4, -0.2) is 11.6 Å². The minimum Gasteiger partial charge on any atom is -0.299 e. The van der Waals surface area contributed by atoms with E-state index in [1.165, 1.54) is 0 Å². The highest BCUT2D eigenvalue weighted by atomic mass is 16.1. The van der Waals surface area contributed by atoms with Crippen molar-refractivity contribution in [2.45, 2.75) is 33.6 Å². The smallest absolute Gasteiger partial charge is 0.137 e. The summed E-state index contributed by atoms with van der Waals surface area (Å²) < 4.78 is 0. The molecule has 1 rings (SSSR count). The summed E-state index contributed by atoms with van der Waals surface area (Å²) in [5.74, 6) is 0.764. The molecule has 2 atom stereocenters. The van der Waals surface area contributed by atoms with Gasteiger partial charge in [0.1, 0.15) is 11.6 Å². The minimum atomic E-state index is -0.0498. The van der Waals surface area contributed by atoms with Gasteiger partial charge in [-0.15, -0.1) is 0 Å². The van der Waals surface area contributed by atoms with E-state index in [-0.39, 0.29) is 23.4 Å². The Hall–Kier alpha value is -0.660. The fourth-order valence-electron chi connectivity index (χ4n) is 2.07. The van der Waals surface area contributed by atoms with Crippen molar-refractivity contribution < 1.29 is 9.59 Å². The highest BCUT2D eigenvalue weighted by molar-refractivity contribution is 5.96. The summed E-state index contributed by atoms with van der Waals surface area (Å²) in [7, 11) is 0. The maximum atomic E-state index is 11.4. The van der Waals surface area contributed by atoms with Gasteiger partial charge in [0.25, 0.3) is 0 Å². The van der Waals surface area contributed by atoms with Crippen molar-refractivity contribution in [3.63, 3.8) is 0 Å². The van der Waals surface area contributed by atoms with E-state index in [0.29, 0.717) is 18.8 Å². The van der Waals surface area contributed by atoms with Crippen LogP contribution in [0.15, 0.2) is 0 Å². The van der Waals surface area contributed by atoms with Crippen LogP contribution >= 0.6 is 0 Å². The predicted octanol–water partition coefficient (Wildman–Crippen LogP) is 1.83. The maximum Gasteiger partial charge on any atom is 0.137 e. The number of rotatable bonds is 1. The second-order valence-corrected chi connectivity index (χ2v) is 3.99. The van der Waals surface area contributed by atoms with Gasteiger partial charge in [-0.3, -0.25) is 9.59 Å². The van der Waals surface area contributed by atoms with Gasteiger partial charge >= 0.3 is 0 Å². The molecule has 0 N–H and O–H groups in total. The molecule has 0 aromatic heterocycles. The molecule has 1 aliphatic rings. The molecule has 0 amide bonds. The monoisotopic (exact) mass is 168 g/mol. The summed E-state index contributed by atoms with van der Waals surface area (Å²) in [4.78, 5) is 22.7. The van der Waals surface area contributed by atoms with Crippen LogP contribution in [0, 0.1) is 17.8 Å². The first-order valence-electron chi connectivity index (χ1n) is 4.59. The van der Waals surface area contributed by atoms with Gasteiger partial charge in [0.2, 0.25) is 0 Å². The Balaban J connectivity index is 2.78. The zero-order valence-electron chi connectivity index (χ0n) is 7.96. The fraction of sp³-hybridized carbons (Fsp3) is 0.800. The van der Waals surface area contributed by atoms with Crippen LogP contribution in [0.5, 0.6) is 0 Å². The van der Waals surface area contributed by atoms with Crippen molar-refractivity contribution in [1.29, 1.82) is 0 Å². The maximum absolute atomic E-state index is 11.4. The Morgan fingerprint density at radius 2 is 1.67 bits per heavy atom. The molecule has 0 aromatic carbocycles. The lowest BCUT2D eigenvalue weighted by Crippen LogP contribution is -2.36. The Labute approximate surface area is 73.3 Å². The van der Waals surface area contributed by atoms with Gasteiger partial charge in [-0.25, -0.2) is 0 Å². The Bertz CT molecular complexity index is 206. The molecule has 0 saturated heterocycles. The van der Waals surface area contributed by atoms with Crippen molar-refractivity contribution in [2.24, 2.45) is 17.8 Å². The average molecular weight is 168 g/mol. The van der Waals surface area contributed by atoms with Gasteiger partial charge in [-0.1, -0.05) is 20.8 Å². The zero-order chi connectivity index (χ0) is 9.30. The van der Waals surface area contributed by atoms with Crippen LogP contribution < -0.4 is 0 Å². The molecule has 1 saturated carbocycles. The molecule has 0 bridgehead atoms. The molecule has 0 aliphatic heterocycles. The Morgan fingerprint density at radius 1 is 1.17 bits per heavy atom. The number of Topliss-reactive ketones (excluding diaryl/α,β-unsaturated/α-hetero) is 2. The van der Waals surface area contributed by atoms with E-state index in [2.05, 4.69) is 0 Å².